The van der Waals surface area contributed by atoms with Crippen molar-refractivity contribution in [1.29, 1.82) is 0 Å². The number of hydrogen-bond acceptors (Lipinski definition) is 4. The molecule has 25 heavy (non-hydrogen) atoms. The van der Waals surface area contributed by atoms with E-state index in [0.717, 1.165) is 21.8 Å². The Labute approximate surface area is 150 Å². The summed E-state index contributed by atoms with van der Waals surface area (Å²) >= 11 is 1.56. The molecule has 0 aliphatic carbocycles. The van der Waals surface area contributed by atoms with Crippen LogP contribution >= 0.6 is 11.3 Å². The minimum atomic E-state index is -0.129. The summed E-state index contributed by atoms with van der Waals surface area (Å²) < 4.78 is 5.78. The van der Waals surface area contributed by atoms with Crippen LogP contribution < -0.4 is 10.2 Å². The van der Waals surface area contributed by atoms with Crippen LogP contribution in [0.25, 0.3) is 0 Å². The standard InChI is InChI=1S/C20H18N2O2S/c23-20(13-19-10-5-11-25-19)22-21-14-17-8-4-9-18(12-17)24-15-16-6-2-1-3-7-16/h1-12,14H,13,15H2,(H,22,23)/b21-14-. The maximum Gasteiger partial charge on any atom is 0.245 e. The van der Waals surface area contributed by atoms with Crippen LogP contribution in [-0.4, -0.2) is 12.1 Å². The summed E-state index contributed by atoms with van der Waals surface area (Å²) in [6.07, 6.45) is 1.96. The van der Waals surface area contributed by atoms with Crippen molar-refractivity contribution in [1.82, 2.24) is 5.43 Å². The van der Waals surface area contributed by atoms with Crippen molar-refractivity contribution in [3.8, 4) is 5.75 Å². The molecule has 1 heterocycles. The lowest BCUT2D eigenvalue weighted by molar-refractivity contribution is -0.120. The van der Waals surface area contributed by atoms with Gasteiger partial charge in [-0.2, -0.15) is 5.10 Å². The number of benzene rings is 2. The van der Waals surface area contributed by atoms with Crippen LogP contribution in [-0.2, 0) is 17.8 Å². The number of hydrazone groups is 1. The highest BCUT2D eigenvalue weighted by Crippen LogP contribution is 2.14. The van der Waals surface area contributed by atoms with Gasteiger partial charge in [0.25, 0.3) is 0 Å². The Hall–Kier alpha value is -2.92. The number of nitrogens with one attached hydrogen (secondary N) is 1. The average Bonchev–Trinajstić information content (AvgIpc) is 3.14. The molecule has 0 aliphatic heterocycles. The first-order valence-electron chi connectivity index (χ1n) is 7.91. The molecule has 3 rings (SSSR count). The molecule has 126 valence electrons. The van der Waals surface area contributed by atoms with Crippen molar-refractivity contribution in [2.24, 2.45) is 5.10 Å². The summed E-state index contributed by atoms with van der Waals surface area (Å²) in [5, 5.41) is 5.96. The summed E-state index contributed by atoms with van der Waals surface area (Å²) in [5.74, 6) is 0.632. The molecule has 5 heteroatoms. The second-order valence-corrected chi connectivity index (χ2v) is 6.43. The number of amides is 1. The molecule has 1 N–H and O–H groups in total. The van der Waals surface area contributed by atoms with E-state index in [1.54, 1.807) is 17.6 Å². The molecule has 1 amide bonds. The van der Waals surface area contributed by atoms with Crippen LogP contribution in [0, 0.1) is 0 Å². The third-order valence-corrected chi connectivity index (χ3v) is 4.30. The molecule has 4 nitrogen and oxygen atoms in total. The van der Waals surface area contributed by atoms with Gasteiger partial charge in [0.1, 0.15) is 12.4 Å². The fourth-order valence-corrected chi connectivity index (χ4v) is 2.92. The smallest absolute Gasteiger partial charge is 0.245 e. The number of thiophene rings is 1. The Morgan fingerprint density at radius 3 is 2.76 bits per heavy atom. The predicted octanol–water partition coefficient (Wildman–Crippen LogP) is 4.02. The third-order valence-electron chi connectivity index (χ3n) is 3.42. The van der Waals surface area contributed by atoms with E-state index in [1.807, 2.05) is 72.1 Å². The summed E-state index contributed by atoms with van der Waals surface area (Å²) in [5.41, 5.74) is 4.52. The highest BCUT2D eigenvalue weighted by Gasteiger charge is 2.02. The number of hydrogen-bond donors (Lipinski definition) is 1. The second-order valence-electron chi connectivity index (χ2n) is 5.40. The predicted molar refractivity (Wildman–Crippen MR) is 101 cm³/mol. The molecular formula is C20H18N2O2S. The average molecular weight is 350 g/mol. The fraction of sp³-hybridized carbons (Fsp3) is 0.100. The van der Waals surface area contributed by atoms with E-state index in [1.165, 1.54) is 0 Å². The van der Waals surface area contributed by atoms with Crippen molar-refractivity contribution in [3.05, 3.63) is 88.1 Å². The summed E-state index contributed by atoms with van der Waals surface area (Å²) in [6, 6.07) is 21.4. The van der Waals surface area contributed by atoms with E-state index in [4.69, 9.17) is 4.74 Å². The molecule has 0 unspecified atom stereocenters. The van der Waals surface area contributed by atoms with E-state index < -0.39 is 0 Å². The lowest BCUT2D eigenvalue weighted by Crippen LogP contribution is -2.19. The number of ether oxygens (including phenoxy) is 1. The van der Waals surface area contributed by atoms with Crippen LogP contribution in [0.3, 0.4) is 0 Å². The van der Waals surface area contributed by atoms with Gasteiger partial charge >= 0.3 is 0 Å². The van der Waals surface area contributed by atoms with Crippen LogP contribution in [0.15, 0.2) is 77.2 Å². The van der Waals surface area contributed by atoms with Crippen molar-refractivity contribution in [3.63, 3.8) is 0 Å². The quantitative estimate of drug-likeness (QED) is 0.517. The minimum Gasteiger partial charge on any atom is -0.489 e. The molecule has 0 aliphatic rings. The highest BCUT2D eigenvalue weighted by molar-refractivity contribution is 7.10. The Kier molecular flexibility index (Phi) is 5.96. The topological polar surface area (TPSA) is 50.7 Å². The molecule has 0 saturated carbocycles. The SMILES string of the molecule is O=C(Cc1cccs1)N/N=C\c1cccc(OCc2ccccc2)c1. The van der Waals surface area contributed by atoms with Crippen molar-refractivity contribution >= 4 is 23.5 Å². The lowest BCUT2D eigenvalue weighted by atomic mass is 10.2. The van der Waals surface area contributed by atoms with Gasteiger partial charge in [0, 0.05) is 4.88 Å². The van der Waals surface area contributed by atoms with Crippen molar-refractivity contribution < 1.29 is 9.53 Å². The van der Waals surface area contributed by atoms with Gasteiger partial charge < -0.3 is 4.74 Å². The van der Waals surface area contributed by atoms with Crippen LogP contribution in [0.2, 0.25) is 0 Å². The van der Waals surface area contributed by atoms with Gasteiger partial charge in [0.05, 0.1) is 12.6 Å². The maximum atomic E-state index is 11.8. The first-order chi connectivity index (χ1) is 12.3. The van der Waals surface area contributed by atoms with Crippen LogP contribution in [0.5, 0.6) is 5.75 Å². The summed E-state index contributed by atoms with van der Waals surface area (Å²) in [7, 11) is 0. The minimum absolute atomic E-state index is 0.129. The van der Waals surface area contributed by atoms with Crippen LogP contribution in [0.1, 0.15) is 16.0 Å². The monoisotopic (exact) mass is 350 g/mol. The molecule has 0 spiro atoms. The van der Waals surface area contributed by atoms with Gasteiger partial charge in [-0.15, -0.1) is 11.3 Å². The molecule has 0 radical (unpaired) electrons. The lowest BCUT2D eigenvalue weighted by Gasteiger charge is -2.06. The summed E-state index contributed by atoms with van der Waals surface area (Å²) in [6.45, 7) is 0.513. The van der Waals surface area contributed by atoms with Gasteiger partial charge in [0.15, 0.2) is 0 Å². The van der Waals surface area contributed by atoms with Crippen LogP contribution in [0.4, 0.5) is 0 Å². The zero-order chi connectivity index (χ0) is 17.3. The van der Waals surface area contributed by atoms with Gasteiger partial charge in [0.2, 0.25) is 5.91 Å². The molecule has 1 aromatic heterocycles. The largest absolute Gasteiger partial charge is 0.489 e. The normalized spacial score (nSPS) is 10.7. The fourth-order valence-electron chi connectivity index (χ4n) is 2.22. The van der Waals surface area contributed by atoms with E-state index >= 15 is 0 Å². The number of nitrogens with zero attached hydrogens (tertiary/aromatic N) is 1. The molecule has 0 fully saturated rings. The number of carbonyl (C=O) groups is 1. The Bertz CT molecular complexity index is 830. The molecule has 0 atom stereocenters. The highest BCUT2D eigenvalue weighted by atomic mass is 32.1. The van der Waals surface area contributed by atoms with Gasteiger partial charge in [-0.1, -0.05) is 48.5 Å². The Morgan fingerprint density at radius 2 is 1.96 bits per heavy atom. The van der Waals surface area contributed by atoms with E-state index in [-0.39, 0.29) is 5.91 Å². The van der Waals surface area contributed by atoms with E-state index in [9.17, 15) is 4.79 Å². The summed E-state index contributed by atoms with van der Waals surface area (Å²) in [4.78, 5) is 12.8. The zero-order valence-electron chi connectivity index (χ0n) is 13.6. The van der Waals surface area contributed by atoms with Gasteiger partial charge in [-0.3, -0.25) is 4.79 Å². The number of rotatable bonds is 7. The van der Waals surface area contributed by atoms with E-state index in [0.29, 0.717) is 13.0 Å². The Balaban J connectivity index is 1.51. The van der Waals surface area contributed by atoms with Crippen molar-refractivity contribution in [2.75, 3.05) is 0 Å². The van der Waals surface area contributed by atoms with Gasteiger partial charge in [-0.05, 0) is 34.7 Å². The van der Waals surface area contributed by atoms with Crippen molar-refractivity contribution in [2.45, 2.75) is 13.0 Å². The zero-order valence-corrected chi connectivity index (χ0v) is 14.4. The molecule has 0 bridgehead atoms. The van der Waals surface area contributed by atoms with Gasteiger partial charge in [-0.25, -0.2) is 5.43 Å². The maximum absolute atomic E-state index is 11.8. The first kappa shape index (κ1) is 16.9. The molecule has 2 aromatic carbocycles. The number of carbonyl (C=O) groups excluding carboxylic acids is 1. The van der Waals surface area contributed by atoms with E-state index in [2.05, 4.69) is 10.5 Å². The Morgan fingerprint density at radius 1 is 1.08 bits per heavy atom. The third kappa shape index (κ3) is 5.58. The molecular weight excluding hydrogens is 332 g/mol. The molecule has 3 aromatic rings. The second kappa shape index (κ2) is 8.80. The molecule has 0 saturated heterocycles. The first-order valence-corrected chi connectivity index (χ1v) is 8.78.